The Kier molecular flexibility index (Phi) is 3.19. The highest BCUT2D eigenvalue weighted by Gasteiger charge is 2.19. The molecule has 8 N–H and O–H groups in total. The number of methoxy groups -OCH3 is 1. The Morgan fingerprint density at radius 3 is 2.83 bits per heavy atom. The molecule has 0 aliphatic carbocycles. The summed E-state index contributed by atoms with van der Waals surface area (Å²) >= 11 is 0. The molecule has 0 aromatic carbocycles. The van der Waals surface area contributed by atoms with Crippen LogP contribution in [0.2, 0.25) is 0 Å². The van der Waals surface area contributed by atoms with Crippen molar-refractivity contribution < 1.29 is 4.74 Å². The molecule has 12 heavy (non-hydrogen) atoms. The lowest BCUT2D eigenvalue weighted by molar-refractivity contribution is 0.0408. The standard InChI is InChI=1S/C4H13N7O/c1-12-4-8-2(10-5)7-3(9-4)11-6/h2,4,8,10H,5-6H2,1H3,(H2,7,9,11). The Labute approximate surface area is 69.7 Å². The third kappa shape index (κ3) is 2.03. The van der Waals surface area contributed by atoms with Crippen LogP contribution in [-0.4, -0.2) is 25.7 Å². The van der Waals surface area contributed by atoms with Gasteiger partial charge in [-0.3, -0.25) is 11.3 Å². The minimum absolute atomic E-state index is 0.366. The molecule has 1 aliphatic heterocycles. The van der Waals surface area contributed by atoms with Gasteiger partial charge >= 0.3 is 0 Å². The highest BCUT2D eigenvalue weighted by molar-refractivity contribution is 5.79. The molecular weight excluding hydrogens is 162 g/mol. The normalized spacial score (nSPS) is 29.1. The molecule has 1 aliphatic rings. The zero-order valence-corrected chi connectivity index (χ0v) is 6.66. The number of guanidine groups is 1. The molecule has 2 unspecified atom stereocenters. The topological polar surface area (TPSA) is 122 Å². The third-order valence-electron chi connectivity index (χ3n) is 1.37. The molecule has 2 atom stereocenters. The lowest BCUT2D eigenvalue weighted by Crippen LogP contribution is -2.63. The average Bonchev–Trinajstić information content (AvgIpc) is 2.16. The lowest BCUT2D eigenvalue weighted by Gasteiger charge is -2.28. The van der Waals surface area contributed by atoms with E-state index in [1.54, 1.807) is 0 Å². The summed E-state index contributed by atoms with van der Waals surface area (Å²) < 4.78 is 4.96. The van der Waals surface area contributed by atoms with Gasteiger partial charge in [0, 0.05) is 7.11 Å². The maximum atomic E-state index is 5.17. The van der Waals surface area contributed by atoms with E-state index in [9.17, 15) is 0 Å². The van der Waals surface area contributed by atoms with E-state index in [-0.39, 0.29) is 6.35 Å². The van der Waals surface area contributed by atoms with Crippen LogP contribution in [0, 0.1) is 0 Å². The van der Waals surface area contributed by atoms with Crippen molar-refractivity contribution in [2.45, 2.75) is 12.6 Å². The van der Waals surface area contributed by atoms with Gasteiger partial charge in [-0.1, -0.05) is 0 Å². The van der Waals surface area contributed by atoms with Crippen LogP contribution >= 0.6 is 0 Å². The Hall–Kier alpha value is -0.930. The van der Waals surface area contributed by atoms with Gasteiger partial charge in [0.05, 0.1) is 0 Å². The van der Waals surface area contributed by atoms with Gasteiger partial charge in [-0.25, -0.2) is 21.6 Å². The van der Waals surface area contributed by atoms with E-state index in [1.165, 1.54) is 7.11 Å². The van der Waals surface area contributed by atoms with E-state index in [0.717, 1.165) is 0 Å². The van der Waals surface area contributed by atoms with Crippen molar-refractivity contribution in [3.63, 3.8) is 0 Å². The molecule has 8 nitrogen and oxygen atoms in total. The van der Waals surface area contributed by atoms with Gasteiger partial charge in [0.15, 0.2) is 12.6 Å². The molecule has 0 fully saturated rings. The van der Waals surface area contributed by atoms with Crippen LogP contribution in [0.25, 0.3) is 0 Å². The summed E-state index contributed by atoms with van der Waals surface area (Å²) in [6, 6.07) is 0. The first-order chi connectivity index (χ1) is 5.80. The van der Waals surface area contributed by atoms with Gasteiger partial charge in [-0.05, 0) is 0 Å². The molecule has 1 rings (SSSR count). The summed E-state index contributed by atoms with van der Waals surface area (Å²) in [6.07, 6.45) is -0.781. The molecule has 8 heteroatoms. The number of hydrogen-bond acceptors (Lipinski definition) is 8. The van der Waals surface area contributed by atoms with Crippen LogP contribution in [0.3, 0.4) is 0 Å². The SMILES string of the molecule is COC1NC(NN)=NC(NN)N1. The molecule has 0 aromatic heterocycles. The van der Waals surface area contributed by atoms with E-state index < -0.39 is 6.29 Å². The Morgan fingerprint density at radius 1 is 1.58 bits per heavy atom. The minimum Gasteiger partial charge on any atom is -0.348 e. The fourth-order valence-electron chi connectivity index (χ4n) is 0.804. The van der Waals surface area contributed by atoms with E-state index in [0.29, 0.717) is 5.96 Å². The first-order valence-electron chi connectivity index (χ1n) is 3.36. The zero-order valence-electron chi connectivity index (χ0n) is 6.66. The predicted molar refractivity (Wildman–Crippen MR) is 42.9 cm³/mol. The van der Waals surface area contributed by atoms with Crippen molar-refractivity contribution in [2.75, 3.05) is 7.11 Å². The van der Waals surface area contributed by atoms with Crippen LogP contribution in [-0.2, 0) is 4.74 Å². The summed E-state index contributed by atoms with van der Waals surface area (Å²) in [5, 5.41) is 5.67. The van der Waals surface area contributed by atoms with Crippen LogP contribution in [0.5, 0.6) is 0 Å². The van der Waals surface area contributed by atoms with E-state index in [2.05, 4.69) is 26.5 Å². The first kappa shape index (κ1) is 9.16. The van der Waals surface area contributed by atoms with Crippen molar-refractivity contribution in [3.05, 3.63) is 0 Å². The predicted octanol–water partition coefficient (Wildman–Crippen LogP) is -3.32. The summed E-state index contributed by atoms with van der Waals surface area (Å²) in [4.78, 5) is 3.96. The van der Waals surface area contributed by atoms with E-state index in [1.807, 2.05) is 0 Å². The van der Waals surface area contributed by atoms with E-state index in [4.69, 9.17) is 16.4 Å². The Balaban J connectivity index is 2.57. The number of nitrogens with zero attached hydrogens (tertiary/aromatic N) is 1. The quantitative estimate of drug-likeness (QED) is 0.192. The molecule has 0 amide bonds. The third-order valence-corrected chi connectivity index (χ3v) is 1.37. The van der Waals surface area contributed by atoms with Crippen molar-refractivity contribution >= 4 is 5.96 Å². The van der Waals surface area contributed by atoms with Crippen molar-refractivity contribution in [1.82, 2.24) is 21.5 Å². The maximum Gasteiger partial charge on any atom is 0.211 e. The second-order valence-electron chi connectivity index (χ2n) is 2.12. The number of hydrazine groups is 2. The zero-order chi connectivity index (χ0) is 8.97. The number of ether oxygens (including phenoxy) is 1. The molecule has 0 spiro atoms. The van der Waals surface area contributed by atoms with E-state index >= 15 is 0 Å². The number of aliphatic imine (C=N–C) groups is 1. The molecule has 0 bridgehead atoms. The van der Waals surface area contributed by atoms with Crippen molar-refractivity contribution in [2.24, 2.45) is 16.7 Å². The van der Waals surface area contributed by atoms with Gasteiger partial charge in [0.25, 0.3) is 0 Å². The van der Waals surface area contributed by atoms with Gasteiger partial charge in [0.1, 0.15) is 0 Å². The number of nitrogens with two attached hydrogens (primary N) is 2. The van der Waals surface area contributed by atoms with Crippen LogP contribution in [0.15, 0.2) is 4.99 Å². The number of nitrogens with one attached hydrogen (secondary N) is 4. The van der Waals surface area contributed by atoms with Crippen LogP contribution < -0.4 is 33.2 Å². The molecule has 0 aromatic rings. The molecule has 0 radical (unpaired) electrons. The fourth-order valence-corrected chi connectivity index (χ4v) is 0.804. The Bertz CT molecular complexity index is 171. The Morgan fingerprint density at radius 2 is 2.33 bits per heavy atom. The smallest absolute Gasteiger partial charge is 0.211 e. The highest BCUT2D eigenvalue weighted by atomic mass is 16.5. The number of rotatable bonds is 2. The highest BCUT2D eigenvalue weighted by Crippen LogP contribution is 1.91. The largest absolute Gasteiger partial charge is 0.348 e. The lowest BCUT2D eigenvalue weighted by atomic mass is 10.6. The van der Waals surface area contributed by atoms with Crippen LogP contribution in [0.1, 0.15) is 0 Å². The minimum atomic E-state index is -0.415. The fraction of sp³-hybridized carbons (Fsp3) is 0.750. The molecule has 1 heterocycles. The molecule has 0 saturated carbocycles. The van der Waals surface area contributed by atoms with Gasteiger partial charge in [-0.2, -0.15) is 0 Å². The summed E-state index contributed by atoms with van der Waals surface area (Å²) in [7, 11) is 1.54. The van der Waals surface area contributed by atoms with Gasteiger partial charge < -0.3 is 10.1 Å². The first-order valence-corrected chi connectivity index (χ1v) is 3.36. The maximum absolute atomic E-state index is 5.17. The van der Waals surface area contributed by atoms with Gasteiger partial charge in [-0.15, -0.1) is 0 Å². The second kappa shape index (κ2) is 4.18. The summed E-state index contributed by atoms with van der Waals surface area (Å²) in [5.74, 6) is 10.7. The average molecular weight is 175 g/mol. The van der Waals surface area contributed by atoms with Crippen molar-refractivity contribution in [1.29, 1.82) is 0 Å². The second-order valence-corrected chi connectivity index (χ2v) is 2.12. The van der Waals surface area contributed by atoms with Crippen molar-refractivity contribution in [3.8, 4) is 0 Å². The number of hydrogen-bond donors (Lipinski definition) is 6. The molecular formula is C4H13N7O. The van der Waals surface area contributed by atoms with Gasteiger partial charge in [0.2, 0.25) is 5.96 Å². The summed E-state index contributed by atoms with van der Waals surface area (Å²) in [5.41, 5.74) is 4.77. The monoisotopic (exact) mass is 175 g/mol. The van der Waals surface area contributed by atoms with Crippen LogP contribution in [0.4, 0.5) is 0 Å². The summed E-state index contributed by atoms with van der Waals surface area (Å²) in [6.45, 7) is 0. The molecule has 0 saturated heterocycles. The molecule has 70 valence electrons.